The second kappa shape index (κ2) is 25.7. The second-order valence-corrected chi connectivity index (χ2v) is 10.1. The van der Waals surface area contributed by atoms with E-state index in [2.05, 4.69) is 17.6 Å². The standard InChI is InChI=1S/C28H57N3O4/c1-5-6-7-8-9-10-11-12-13-14-15-16-17-18-19-20-23-34-24-27(30-26(2)32)25-35-28(33)29-21-22-31(3)4/h27H,5-25H2,1-4H3,(H,29,33)(H,30,32). The Hall–Kier alpha value is -1.34. The number of ether oxygens (including phenoxy) is 2. The van der Waals surface area contributed by atoms with Crippen LogP contribution in [0.4, 0.5) is 4.79 Å². The number of likely N-dealkylation sites (N-methyl/N-ethyl adjacent to an activating group) is 1. The minimum absolute atomic E-state index is 0.104. The predicted octanol–water partition coefficient (Wildman–Crippen LogP) is 6.06. The van der Waals surface area contributed by atoms with Crippen molar-refractivity contribution in [3.63, 3.8) is 0 Å². The summed E-state index contributed by atoms with van der Waals surface area (Å²) in [6.07, 6.45) is 21.1. The second-order valence-electron chi connectivity index (χ2n) is 10.1. The largest absolute Gasteiger partial charge is 0.447 e. The lowest BCUT2D eigenvalue weighted by atomic mass is 10.0. The van der Waals surface area contributed by atoms with Crippen LogP contribution in [0, 0.1) is 0 Å². The van der Waals surface area contributed by atoms with Gasteiger partial charge in [0.1, 0.15) is 6.61 Å². The van der Waals surface area contributed by atoms with Gasteiger partial charge in [-0.1, -0.05) is 103 Å². The summed E-state index contributed by atoms with van der Waals surface area (Å²) in [6.45, 7) is 6.12. The molecule has 0 spiro atoms. The molecule has 7 heteroatoms. The van der Waals surface area contributed by atoms with Crippen molar-refractivity contribution in [1.29, 1.82) is 0 Å². The molecule has 0 radical (unpaired) electrons. The third-order valence-corrected chi connectivity index (χ3v) is 6.11. The third-order valence-electron chi connectivity index (χ3n) is 6.11. The molecule has 7 nitrogen and oxygen atoms in total. The van der Waals surface area contributed by atoms with Crippen LogP contribution in [-0.2, 0) is 14.3 Å². The van der Waals surface area contributed by atoms with Gasteiger partial charge in [-0.2, -0.15) is 0 Å². The molecule has 0 saturated carbocycles. The molecule has 0 aliphatic carbocycles. The molecule has 0 aromatic heterocycles. The van der Waals surface area contributed by atoms with Crippen LogP contribution >= 0.6 is 0 Å². The Morgan fingerprint density at radius 2 is 1.23 bits per heavy atom. The van der Waals surface area contributed by atoms with E-state index in [1.807, 2.05) is 19.0 Å². The van der Waals surface area contributed by atoms with E-state index in [9.17, 15) is 9.59 Å². The summed E-state index contributed by atoms with van der Waals surface area (Å²) in [5, 5.41) is 5.48. The number of carbonyl (C=O) groups excluding carboxylic acids is 2. The van der Waals surface area contributed by atoms with Crippen molar-refractivity contribution < 1.29 is 19.1 Å². The topological polar surface area (TPSA) is 79.9 Å². The van der Waals surface area contributed by atoms with Gasteiger partial charge in [-0.15, -0.1) is 0 Å². The Balaban J connectivity index is 3.54. The van der Waals surface area contributed by atoms with Crippen molar-refractivity contribution in [2.75, 3.05) is 47.0 Å². The number of carbonyl (C=O) groups is 2. The summed E-state index contributed by atoms with van der Waals surface area (Å²) < 4.78 is 10.9. The van der Waals surface area contributed by atoms with E-state index in [-0.39, 0.29) is 18.6 Å². The van der Waals surface area contributed by atoms with Crippen LogP contribution in [0.1, 0.15) is 117 Å². The number of alkyl carbamates (subject to hydrolysis) is 1. The van der Waals surface area contributed by atoms with Crippen LogP contribution in [0.3, 0.4) is 0 Å². The first-order chi connectivity index (χ1) is 17.0. The summed E-state index contributed by atoms with van der Waals surface area (Å²) in [6, 6.07) is -0.326. The van der Waals surface area contributed by atoms with E-state index >= 15 is 0 Å². The smallest absolute Gasteiger partial charge is 0.407 e. The first kappa shape index (κ1) is 33.7. The number of hydrogen-bond donors (Lipinski definition) is 2. The number of amides is 2. The molecule has 208 valence electrons. The van der Waals surface area contributed by atoms with E-state index in [1.165, 1.54) is 103 Å². The average molecular weight is 500 g/mol. The van der Waals surface area contributed by atoms with Crippen LogP contribution in [0.2, 0.25) is 0 Å². The van der Waals surface area contributed by atoms with Crippen molar-refractivity contribution in [1.82, 2.24) is 15.5 Å². The minimum atomic E-state index is -0.472. The quantitative estimate of drug-likeness (QED) is 0.149. The van der Waals surface area contributed by atoms with Gasteiger partial charge in [-0.3, -0.25) is 4.79 Å². The molecule has 0 fully saturated rings. The fraction of sp³-hybridized carbons (Fsp3) is 0.929. The summed E-state index contributed by atoms with van der Waals surface area (Å²) >= 11 is 0. The molecule has 0 rings (SSSR count). The normalized spacial score (nSPS) is 12.0. The zero-order valence-corrected chi connectivity index (χ0v) is 23.5. The summed E-state index contributed by atoms with van der Waals surface area (Å²) in [7, 11) is 3.88. The lowest BCUT2D eigenvalue weighted by Crippen LogP contribution is -2.42. The van der Waals surface area contributed by atoms with Crippen LogP contribution in [-0.4, -0.2) is 69.9 Å². The number of unbranched alkanes of at least 4 members (excludes halogenated alkanes) is 15. The van der Waals surface area contributed by atoms with Crippen molar-refractivity contribution >= 4 is 12.0 Å². The van der Waals surface area contributed by atoms with Gasteiger partial charge in [-0.25, -0.2) is 4.79 Å². The maximum atomic E-state index is 11.8. The maximum Gasteiger partial charge on any atom is 0.407 e. The van der Waals surface area contributed by atoms with Gasteiger partial charge in [0.05, 0.1) is 12.6 Å². The van der Waals surface area contributed by atoms with Gasteiger partial charge >= 0.3 is 6.09 Å². The van der Waals surface area contributed by atoms with Crippen molar-refractivity contribution in [2.24, 2.45) is 0 Å². The van der Waals surface area contributed by atoms with Crippen LogP contribution < -0.4 is 10.6 Å². The Labute approximate surface area is 216 Å². The lowest BCUT2D eigenvalue weighted by Gasteiger charge is -2.18. The summed E-state index contributed by atoms with van der Waals surface area (Å²) in [5.74, 6) is -0.155. The molecule has 1 atom stereocenters. The number of hydrogen-bond acceptors (Lipinski definition) is 5. The highest BCUT2D eigenvalue weighted by Crippen LogP contribution is 2.13. The Kier molecular flexibility index (Phi) is 24.8. The summed E-state index contributed by atoms with van der Waals surface area (Å²) in [4.78, 5) is 25.1. The molecule has 0 aliphatic rings. The van der Waals surface area contributed by atoms with E-state index < -0.39 is 6.09 Å². The van der Waals surface area contributed by atoms with E-state index in [4.69, 9.17) is 9.47 Å². The molecule has 0 saturated heterocycles. The summed E-state index contributed by atoms with van der Waals surface area (Å²) in [5.41, 5.74) is 0. The van der Waals surface area contributed by atoms with Crippen LogP contribution in [0.25, 0.3) is 0 Å². The lowest BCUT2D eigenvalue weighted by molar-refractivity contribution is -0.120. The molecule has 2 N–H and O–H groups in total. The Bertz CT molecular complexity index is 489. The monoisotopic (exact) mass is 499 g/mol. The SMILES string of the molecule is CCCCCCCCCCCCCCCCCCOCC(COC(=O)NCCN(C)C)NC(C)=O. The van der Waals surface area contributed by atoms with Crippen molar-refractivity contribution in [3.8, 4) is 0 Å². The molecule has 35 heavy (non-hydrogen) atoms. The van der Waals surface area contributed by atoms with Crippen molar-refractivity contribution in [2.45, 2.75) is 123 Å². The van der Waals surface area contributed by atoms with E-state index in [0.717, 1.165) is 13.0 Å². The van der Waals surface area contributed by atoms with Gasteiger partial charge in [0.2, 0.25) is 5.91 Å². The maximum absolute atomic E-state index is 11.8. The first-order valence-corrected chi connectivity index (χ1v) is 14.4. The zero-order valence-electron chi connectivity index (χ0n) is 23.5. The van der Waals surface area contributed by atoms with Gasteiger partial charge in [0.15, 0.2) is 0 Å². The zero-order chi connectivity index (χ0) is 26.0. The molecular formula is C28H57N3O4. The molecule has 0 aliphatic heterocycles. The van der Waals surface area contributed by atoms with Gasteiger partial charge < -0.3 is 25.0 Å². The number of nitrogens with one attached hydrogen (secondary N) is 2. The molecular weight excluding hydrogens is 442 g/mol. The van der Waals surface area contributed by atoms with Crippen molar-refractivity contribution in [3.05, 3.63) is 0 Å². The first-order valence-electron chi connectivity index (χ1n) is 14.4. The molecule has 1 unspecified atom stereocenters. The molecule has 0 heterocycles. The predicted molar refractivity (Wildman–Crippen MR) is 146 cm³/mol. The molecule has 0 bridgehead atoms. The van der Waals surface area contributed by atoms with Gasteiger partial charge in [0, 0.05) is 26.6 Å². The highest BCUT2D eigenvalue weighted by molar-refractivity contribution is 5.73. The Morgan fingerprint density at radius 1 is 0.743 bits per heavy atom. The van der Waals surface area contributed by atoms with E-state index in [0.29, 0.717) is 19.8 Å². The number of nitrogens with zero attached hydrogens (tertiary/aromatic N) is 1. The fourth-order valence-electron chi connectivity index (χ4n) is 4.01. The Morgan fingerprint density at radius 3 is 1.69 bits per heavy atom. The van der Waals surface area contributed by atoms with E-state index in [1.54, 1.807) is 0 Å². The van der Waals surface area contributed by atoms with Crippen LogP contribution in [0.15, 0.2) is 0 Å². The van der Waals surface area contributed by atoms with Crippen LogP contribution in [0.5, 0.6) is 0 Å². The van der Waals surface area contributed by atoms with Gasteiger partial charge in [-0.05, 0) is 20.5 Å². The fourth-order valence-corrected chi connectivity index (χ4v) is 4.01. The molecule has 0 aromatic rings. The average Bonchev–Trinajstić information content (AvgIpc) is 2.81. The molecule has 0 aromatic carbocycles. The number of rotatable bonds is 25. The third kappa shape index (κ3) is 27.1. The minimum Gasteiger partial charge on any atom is -0.447 e. The molecule has 2 amide bonds. The van der Waals surface area contributed by atoms with Gasteiger partial charge in [0.25, 0.3) is 0 Å². The highest BCUT2D eigenvalue weighted by atomic mass is 16.6. The highest BCUT2D eigenvalue weighted by Gasteiger charge is 2.13.